The molecule has 0 aliphatic carbocycles. The van der Waals surface area contributed by atoms with Crippen LogP contribution in [-0.4, -0.2) is 15.0 Å². The molecule has 1 atom stereocenters. The summed E-state index contributed by atoms with van der Waals surface area (Å²) in [4.78, 5) is 0.182. The van der Waals surface area contributed by atoms with Gasteiger partial charge in [0, 0.05) is 17.6 Å². The number of hydrogen-bond donors (Lipinski definition) is 2. The molecule has 0 aromatic heterocycles. The lowest BCUT2D eigenvalue weighted by atomic mass is 9.96. The van der Waals surface area contributed by atoms with Crippen LogP contribution < -0.4 is 10.0 Å². The van der Waals surface area contributed by atoms with Crippen molar-refractivity contribution in [2.45, 2.75) is 17.0 Å². The summed E-state index contributed by atoms with van der Waals surface area (Å²) >= 11 is 5.92. The van der Waals surface area contributed by atoms with Crippen molar-refractivity contribution in [3.8, 4) is 0 Å². The molecule has 6 heteroatoms. The van der Waals surface area contributed by atoms with Gasteiger partial charge in [0.25, 0.3) is 0 Å². The minimum absolute atomic E-state index is 0.113. The minimum Gasteiger partial charge on any atom is -0.298 e. The standard InChI is InChI=1S/C27H25ClN2O2S/c28-24-16-18-25(19-17-24)33(31,32)29-20-26(21-10-4-1-5-11-21)30-27(22-12-6-2-7-13-22)23-14-8-3-9-15-23/h1-19,26-27,29-30H,20H2/t26-/m0/s1. The smallest absolute Gasteiger partial charge is 0.240 e. The molecule has 168 valence electrons. The van der Waals surface area contributed by atoms with Crippen LogP contribution in [0.2, 0.25) is 5.02 Å². The Hall–Kier alpha value is -2.96. The van der Waals surface area contributed by atoms with Gasteiger partial charge in [-0.05, 0) is 41.0 Å². The van der Waals surface area contributed by atoms with Crippen LogP contribution in [0.1, 0.15) is 28.8 Å². The third kappa shape index (κ3) is 6.09. The Bertz CT molecular complexity index is 1210. The summed E-state index contributed by atoms with van der Waals surface area (Å²) in [5.74, 6) is 0. The molecule has 0 saturated carbocycles. The van der Waals surface area contributed by atoms with Gasteiger partial charge < -0.3 is 0 Å². The molecule has 0 heterocycles. The highest BCUT2D eigenvalue weighted by Gasteiger charge is 2.22. The molecular weight excluding hydrogens is 452 g/mol. The van der Waals surface area contributed by atoms with Crippen LogP contribution in [0, 0.1) is 0 Å². The van der Waals surface area contributed by atoms with Crippen molar-refractivity contribution in [3.63, 3.8) is 0 Å². The second kappa shape index (κ2) is 10.8. The van der Waals surface area contributed by atoms with Gasteiger partial charge >= 0.3 is 0 Å². The van der Waals surface area contributed by atoms with E-state index in [1.807, 2.05) is 66.7 Å². The van der Waals surface area contributed by atoms with E-state index >= 15 is 0 Å². The number of benzene rings is 4. The molecule has 4 rings (SSSR count). The zero-order valence-corrected chi connectivity index (χ0v) is 19.5. The highest BCUT2D eigenvalue weighted by atomic mass is 35.5. The van der Waals surface area contributed by atoms with E-state index in [0.717, 1.165) is 16.7 Å². The van der Waals surface area contributed by atoms with E-state index in [9.17, 15) is 8.42 Å². The number of sulfonamides is 1. The fraction of sp³-hybridized carbons (Fsp3) is 0.111. The van der Waals surface area contributed by atoms with Crippen molar-refractivity contribution in [2.24, 2.45) is 0 Å². The molecule has 0 radical (unpaired) electrons. The van der Waals surface area contributed by atoms with Crippen LogP contribution in [0.5, 0.6) is 0 Å². The van der Waals surface area contributed by atoms with Crippen molar-refractivity contribution in [1.82, 2.24) is 10.0 Å². The van der Waals surface area contributed by atoms with Crippen LogP contribution in [0.25, 0.3) is 0 Å². The molecule has 0 aliphatic heterocycles. The first-order valence-corrected chi connectivity index (χ1v) is 12.6. The van der Waals surface area contributed by atoms with Crippen molar-refractivity contribution in [2.75, 3.05) is 6.54 Å². The zero-order valence-electron chi connectivity index (χ0n) is 17.9. The molecule has 4 aromatic rings. The molecular formula is C27H25ClN2O2S. The monoisotopic (exact) mass is 476 g/mol. The van der Waals surface area contributed by atoms with Crippen LogP contribution >= 0.6 is 11.6 Å². The molecule has 0 saturated heterocycles. The van der Waals surface area contributed by atoms with Gasteiger partial charge in [0.05, 0.1) is 10.9 Å². The maximum atomic E-state index is 12.9. The number of halogens is 1. The lowest BCUT2D eigenvalue weighted by Crippen LogP contribution is -2.37. The summed E-state index contributed by atoms with van der Waals surface area (Å²) in [6.07, 6.45) is 0. The van der Waals surface area contributed by atoms with Crippen LogP contribution in [0.15, 0.2) is 120 Å². The molecule has 0 bridgehead atoms. The summed E-state index contributed by atoms with van der Waals surface area (Å²) in [5, 5.41) is 4.18. The molecule has 4 nitrogen and oxygen atoms in total. The van der Waals surface area contributed by atoms with Crippen LogP contribution in [-0.2, 0) is 10.0 Å². The fourth-order valence-corrected chi connectivity index (χ4v) is 4.90. The minimum atomic E-state index is -3.69. The Morgan fingerprint density at radius 2 is 1.09 bits per heavy atom. The molecule has 2 N–H and O–H groups in total. The average molecular weight is 477 g/mol. The molecule has 0 amide bonds. The number of rotatable bonds is 9. The van der Waals surface area contributed by atoms with Crippen LogP contribution in [0.3, 0.4) is 0 Å². The van der Waals surface area contributed by atoms with E-state index in [0.29, 0.717) is 5.02 Å². The molecule has 0 unspecified atom stereocenters. The topological polar surface area (TPSA) is 58.2 Å². The van der Waals surface area contributed by atoms with Gasteiger partial charge in [-0.15, -0.1) is 0 Å². The van der Waals surface area contributed by atoms with Crippen molar-refractivity contribution >= 4 is 21.6 Å². The predicted molar refractivity (Wildman–Crippen MR) is 134 cm³/mol. The second-order valence-electron chi connectivity index (χ2n) is 7.69. The maximum absolute atomic E-state index is 12.9. The summed E-state index contributed by atoms with van der Waals surface area (Å²) < 4.78 is 28.6. The van der Waals surface area contributed by atoms with Gasteiger partial charge in [-0.3, -0.25) is 5.32 Å². The number of nitrogens with one attached hydrogen (secondary N) is 2. The van der Waals surface area contributed by atoms with Gasteiger partial charge in [-0.2, -0.15) is 0 Å². The van der Waals surface area contributed by atoms with E-state index in [1.165, 1.54) is 12.1 Å². The highest BCUT2D eigenvalue weighted by molar-refractivity contribution is 7.89. The van der Waals surface area contributed by atoms with E-state index in [2.05, 4.69) is 34.3 Å². The molecule has 0 fully saturated rings. The SMILES string of the molecule is O=S(=O)(NC[C@H](NC(c1ccccc1)c1ccccc1)c1ccccc1)c1ccc(Cl)cc1. The van der Waals surface area contributed by atoms with Crippen molar-refractivity contribution in [3.05, 3.63) is 137 Å². The second-order valence-corrected chi connectivity index (χ2v) is 9.89. The first-order chi connectivity index (χ1) is 16.0. The predicted octanol–water partition coefficient (Wildman–Crippen LogP) is 5.74. The van der Waals surface area contributed by atoms with Gasteiger partial charge in [-0.25, -0.2) is 13.1 Å². The lowest BCUT2D eigenvalue weighted by Gasteiger charge is -2.27. The molecule has 0 spiro atoms. The third-order valence-electron chi connectivity index (χ3n) is 5.44. The summed E-state index contributed by atoms with van der Waals surface area (Å²) in [6, 6.07) is 35.9. The van der Waals surface area contributed by atoms with Crippen molar-refractivity contribution in [1.29, 1.82) is 0 Å². The summed E-state index contributed by atoms with van der Waals surface area (Å²) in [5.41, 5.74) is 3.20. The first-order valence-electron chi connectivity index (χ1n) is 10.7. The Morgan fingerprint density at radius 3 is 1.58 bits per heavy atom. The van der Waals surface area contributed by atoms with E-state index in [-0.39, 0.29) is 23.5 Å². The Morgan fingerprint density at radius 1 is 0.636 bits per heavy atom. The maximum Gasteiger partial charge on any atom is 0.240 e. The summed E-state index contributed by atoms with van der Waals surface area (Å²) in [7, 11) is -3.69. The highest BCUT2D eigenvalue weighted by Crippen LogP contribution is 2.26. The lowest BCUT2D eigenvalue weighted by molar-refractivity contribution is 0.475. The third-order valence-corrected chi connectivity index (χ3v) is 7.13. The number of hydrogen-bond acceptors (Lipinski definition) is 3. The van der Waals surface area contributed by atoms with Gasteiger partial charge in [0.1, 0.15) is 0 Å². The Kier molecular flexibility index (Phi) is 7.57. The first kappa shape index (κ1) is 23.2. The van der Waals surface area contributed by atoms with E-state index in [4.69, 9.17) is 11.6 Å². The van der Waals surface area contributed by atoms with Gasteiger partial charge in [0.2, 0.25) is 10.0 Å². The zero-order chi connectivity index (χ0) is 23.1. The van der Waals surface area contributed by atoms with Crippen molar-refractivity contribution < 1.29 is 8.42 Å². The van der Waals surface area contributed by atoms with Gasteiger partial charge in [0.15, 0.2) is 0 Å². The van der Waals surface area contributed by atoms with Crippen LogP contribution in [0.4, 0.5) is 0 Å². The Balaban J connectivity index is 1.63. The largest absolute Gasteiger partial charge is 0.298 e. The average Bonchev–Trinajstić information content (AvgIpc) is 2.86. The van der Waals surface area contributed by atoms with E-state index < -0.39 is 10.0 Å². The molecule has 0 aliphatic rings. The summed E-state index contributed by atoms with van der Waals surface area (Å²) in [6.45, 7) is 0.186. The van der Waals surface area contributed by atoms with E-state index in [1.54, 1.807) is 12.1 Å². The van der Waals surface area contributed by atoms with Gasteiger partial charge in [-0.1, -0.05) is 103 Å². The fourth-order valence-electron chi connectivity index (χ4n) is 3.73. The Labute approximate surface area is 200 Å². The normalized spacial score (nSPS) is 12.5. The quantitative estimate of drug-likeness (QED) is 0.324. The molecule has 33 heavy (non-hydrogen) atoms. The molecule has 4 aromatic carbocycles.